The number of benzene rings is 1. The third-order valence-electron chi connectivity index (χ3n) is 4.24. The molecule has 2 unspecified atom stereocenters. The van der Waals surface area contributed by atoms with Gasteiger partial charge in [0.15, 0.2) is 0 Å². The van der Waals surface area contributed by atoms with Crippen LogP contribution in [-0.4, -0.2) is 37.6 Å². The average Bonchev–Trinajstić information content (AvgIpc) is 2.69. The lowest BCUT2D eigenvalue weighted by Crippen LogP contribution is -2.33. The van der Waals surface area contributed by atoms with Crippen LogP contribution < -0.4 is 0 Å². The minimum Gasteiger partial charge on any atom is -0.469 e. The van der Waals surface area contributed by atoms with Crippen LogP contribution in [0.4, 0.5) is 0 Å². The maximum absolute atomic E-state index is 12.1. The van der Waals surface area contributed by atoms with Crippen LogP contribution in [0.15, 0.2) is 30.3 Å². The Balaban J connectivity index is 2.06. The summed E-state index contributed by atoms with van der Waals surface area (Å²) in [5.74, 6) is 0.497. The van der Waals surface area contributed by atoms with Crippen molar-refractivity contribution in [2.45, 2.75) is 32.1 Å². The zero-order valence-electron chi connectivity index (χ0n) is 12.5. The molecule has 0 amide bonds. The highest BCUT2D eigenvalue weighted by molar-refractivity contribution is 5.78. The Bertz CT molecular complexity index is 418. The largest absolute Gasteiger partial charge is 0.469 e. The summed E-state index contributed by atoms with van der Waals surface area (Å²) in [6.07, 6.45) is 3.75. The van der Waals surface area contributed by atoms with Gasteiger partial charge in [-0.3, -0.25) is 4.79 Å². The van der Waals surface area contributed by atoms with Crippen molar-refractivity contribution in [1.29, 1.82) is 0 Å². The number of carbonyl (C=O) groups is 1. The lowest BCUT2D eigenvalue weighted by Gasteiger charge is -2.25. The monoisotopic (exact) mass is 275 g/mol. The number of hydrogen-bond acceptors (Lipinski definition) is 3. The second-order valence-corrected chi connectivity index (χ2v) is 5.82. The van der Waals surface area contributed by atoms with Gasteiger partial charge in [-0.25, -0.2) is 0 Å². The number of esters is 1. The van der Waals surface area contributed by atoms with E-state index in [9.17, 15) is 4.79 Å². The molecule has 20 heavy (non-hydrogen) atoms. The van der Waals surface area contributed by atoms with Crippen molar-refractivity contribution < 1.29 is 9.53 Å². The van der Waals surface area contributed by atoms with Crippen LogP contribution in [0.1, 0.15) is 37.7 Å². The minimum atomic E-state index is -0.172. The Morgan fingerprint density at radius 2 is 2.05 bits per heavy atom. The Morgan fingerprint density at radius 3 is 2.75 bits per heavy atom. The van der Waals surface area contributed by atoms with Crippen LogP contribution in [0.5, 0.6) is 0 Å². The molecule has 3 heteroatoms. The van der Waals surface area contributed by atoms with E-state index < -0.39 is 0 Å². The van der Waals surface area contributed by atoms with Crippen molar-refractivity contribution in [2.75, 3.05) is 26.7 Å². The molecule has 0 saturated carbocycles. The quantitative estimate of drug-likeness (QED) is 0.791. The van der Waals surface area contributed by atoms with Crippen molar-refractivity contribution in [1.82, 2.24) is 4.90 Å². The highest BCUT2D eigenvalue weighted by atomic mass is 16.5. The zero-order valence-corrected chi connectivity index (χ0v) is 12.5. The highest BCUT2D eigenvalue weighted by Gasteiger charge is 2.25. The lowest BCUT2D eigenvalue weighted by atomic mass is 9.98. The first-order valence-electron chi connectivity index (χ1n) is 7.56. The van der Waals surface area contributed by atoms with Crippen molar-refractivity contribution >= 4 is 5.97 Å². The van der Waals surface area contributed by atoms with Gasteiger partial charge in [0, 0.05) is 6.54 Å². The first-order valence-corrected chi connectivity index (χ1v) is 7.56. The summed E-state index contributed by atoms with van der Waals surface area (Å²) >= 11 is 0. The van der Waals surface area contributed by atoms with Gasteiger partial charge >= 0.3 is 5.97 Å². The van der Waals surface area contributed by atoms with Crippen molar-refractivity contribution in [3.63, 3.8) is 0 Å². The fourth-order valence-electron chi connectivity index (χ4n) is 2.91. The standard InChI is InChI=1S/C17H25NO2/c1-14-7-6-11-18(12-10-14)13-16(17(19)20-2)15-8-4-3-5-9-15/h3-5,8-9,14,16H,6-7,10-13H2,1-2H3. The maximum atomic E-state index is 12.1. The molecular formula is C17H25NO2. The molecule has 2 atom stereocenters. The second kappa shape index (κ2) is 7.44. The highest BCUT2D eigenvalue weighted by Crippen LogP contribution is 2.22. The summed E-state index contributed by atoms with van der Waals surface area (Å²) < 4.78 is 5.00. The molecule has 110 valence electrons. The van der Waals surface area contributed by atoms with E-state index in [0.717, 1.165) is 31.1 Å². The molecule has 3 nitrogen and oxygen atoms in total. The van der Waals surface area contributed by atoms with E-state index >= 15 is 0 Å². The first-order chi connectivity index (χ1) is 9.70. The van der Waals surface area contributed by atoms with E-state index in [4.69, 9.17) is 4.74 Å². The number of nitrogens with zero attached hydrogens (tertiary/aromatic N) is 1. The smallest absolute Gasteiger partial charge is 0.314 e. The van der Waals surface area contributed by atoms with Crippen molar-refractivity contribution in [3.8, 4) is 0 Å². The van der Waals surface area contributed by atoms with Gasteiger partial charge in [-0.15, -0.1) is 0 Å². The van der Waals surface area contributed by atoms with Crippen LogP contribution in [0.3, 0.4) is 0 Å². The fourth-order valence-corrected chi connectivity index (χ4v) is 2.91. The summed E-state index contributed by atoms with van der Waals surface area (Å²) in [6, 6.07) is 9.97. The van der Waals surface area contributed by atoms with Crippen molar-refractivity contribution in [3.05, 3.63) is 35.9 Å². The van der Waals surface area contributed by atoms with Gasteiger partial charge in [0.05, 0.1) is 13.0 Å². The number of methoxy groups -OCH3 is 1. The molecule has 0 bridgehead atoms. The van der Waals surface area contributed by atoms with E-state index in [2.05, 4.69) is 11.8 Å². The average molecular weight is 275 g/mol. The van der Waals surface area contributed by atoms with E-state index in [1.807, 2.05) is 30.3 Å². The number of rotatable bonds is 4. The van der Waals surface area contributed by atoms with Crippen LogP contribution in [0.2, 0.25) is 0 Å². The molecule has 0 spiro atoms. The minimum absolute atomic E-state index is 0.131. The Hall–Kier alpha value is -1.35. The van der Waals surface area contributed by atoms with Gasteiger partial charge in [-0.05, 0) is 43.8 Å². The normalized spacial score (nSPS) is 22.0. The maximum Gasteiger partial charge on any atom is 0.314 e. The number of hydrogen-bond donors (Lipinski definition) is 0. The van der Waals surface area contributed by atoms with Gasteiger partial charge in [0.25, 0.3) is 0 Å². The molecule has 1 aromatic rings. The van der Waals surface area contributed by atoms with Gasteiger partial charge in [-0.2, -0.15) is 0 Å². The van der Waals surface area contributed by atoms with Gasteiger partial charge in [0.1, 0.15) is 0 Å². The third-order valence-corrected chi connectivity index (χ3v) is 4.24. The van der Waals surface area contributed by atoms with Crippen LogP contribution >= 0.6 is 0 Å². The Morgan fingerprint density at radius 1 is 1.30 bits per heavy atom. The summed E-state index contributed by atoms with van der Waals surface area (Å²) in [4.78, 5) is 14.5. The van der Waals surface area contributed by atoms with Crippen LogP contribution in [0, 0.1) is 5.92 Å². The predicted octanol–water partition coefficient (Wildman–Crippen LogP) is 3.07. The third kappa shape index (κ3) is 4.07. The molecule has 1 aliphatic heterocycles. The molecule has 1 aromatic carbocycles. The molecule has 0 radical (unpaired) electrons. The number of ether oxygens (including phenoxy) is 1. The lowest BCUT2D eigenvalue weighted by molar-refractivity contribution is -0.143. The van der Waals surface area contributed by atoms with Crippen molar-refractivity contribution in [2.24, 2.45) is 5.92 Å². The molecule has 2 rings (SSSR count). The molecular weight excluding hydrogens is 250 g/mol. The molecule has 1 fully saturated rings. The molecule has 0 aromatic heterocycles. The second-order valence-electron chi connectivity index (χ2n) is 5.82. The SMILES string of the molecule is COC(=O)C(CN1CCCC(C)CC1)c1ccccc1. The van der Waals surface area contributed by atoms with E-state index in [1.165, 1.54) is 26.4 Å². The molecule has 1 heterocycles. The first kappa shape index (κ1) is 15.0. The predicted molar refractivity (Wildman–Crippen MR) is 80.7 cm³/mol. The van der Waals surface area contributed by atoms with Gasteiger partial charge in [-0.1, -0.05) is 37.3 Å². The zero-order chi connectivity index (χ0) is 14.4. The Kier molecular flexibility index (Phi) is 5.60. The van der Waals surface area contributed by atoms with Gasteiger partial charge < -0.3 is 9.64 Å². The summed E-state index contributed by atoms with van der Waals surface area (Å²) in [5.41, 5.74) is 1.05. The van der Waals surface area contributed by atoms with E-state index in [0.29, 0.717) is 0 Å². The topological polar surface area (TPSA) is 29.5 Å². The fraction of sp³-hybridized carbons (Fsp3) is 0.588. The Labute approximate surface area is 121 Å². The van der Waals surface area contributed by atoms with Crippen LogP contribution in [0.25, 0.3) is 0 Å². The van der Waals surface area contributed by atoms with E-state index in [-0.39, 0.29) is 11.9 Å². The molecule has 1 saturated heterocycles. The molecule has 1 aliphatic rings. The summed E-state index contributed by atoms with van der Waals surface area (Å²) in [7, 11) is 1.47. The van der Waals surface area contributed by atoms with E-state index in [1.54, 1.807) is 0 Å². The van der Waals surface area contributed by atoms with Gasteiger partial charge in [0.2, 0.25) is 0 Å². The molecule has 0 aliphatic carbocycles. The summed E-state index contributed by atoms with van der Waals surface area (Å²) in [5, 5.41) is 0. The molecule has 0 N–H and O–H groups in total. The number of carbonyl (C=O) groups excluding carboxylic acids is 1. The van der Waals surface area contributed by atoms with Crippen LogP contribution in [-0.2, 0) is 9.53 Å². The number of likely N-dealkylation sites (tertiary alicyclic amines) is 1. The summed E-state index contributed by atoms with van der Waals surface area (Å²) in [6.45, 7) is 5.26.